The molecule has 61 heavy (non-hydrogen) atoms. The van der Waals surface area contributed by atoms with Crippen molar-refractivity contribution in [3.8, 4) is 0 Å². The zero-order chi connectivity index (χ0) is 42.0. The van der Waals surface area contributed by atoms with Crippen LogP contribution < -0.4 is 42.4 Å². The minimum absolute atomic E-state index is 0. The van der Waals surface area contributed by atoms with Crippen LogP contribution >= 0.6 is 31.7 Å². The van der Waals surface area contributed by atoms with E-state index in [4.69, 9.17) is 9.30 Å². The quantitative estimate of drug-likeness (QED) is 0.0451. The fraction of sp³-hybridized carbons (Fsp3) is 0.0741. The number of benzene rings is 8. The van der Waals surface area contributed by atoms with E-state index in [2.05, 4.69) is 256 Å². The first kappa shape index (κ1) is 49.3. The van der Waals surface area contributed by atoms with Crippen molar-refractivity contribution in [1.29, 1.82) is 0 Å². The largest absolute Gasteiger partial charge is 0.0622 e. The van der Waals surface area contributed by atoms with Gasteiger partial charge in [-0.3, -0.25) is 0 Å². The van der Waals surface area contributed by atoms with Gasteiger partial charge in [0.05, 0.1) is 0 Å². The fourth-order valence-electron chi connectivity index (χ4n) is 6.89. The van der Waals surface area contributed by atoms with Gasteiger partial charge in [-0.05, 0) is 98.8 Å². The van der Waals surface area contributed by atoms with Crippen LogP contribution in [0.1, 0.15) is 0 Å². The van der Waals surface area contributed by atoms with Crippen molar-refractivity contribution in [3.05, 3.63) is 256 Å². The van der Waals surface area contributed by atoms with Crippen LogP contribution in [0.4, 0.5) is 0 Å². The summed E-state index contributed by atoms with van der Waals surface area (Å²) in [5.74, 6) is 0. The molecule has 0 fully saturated rings. The molecule has 0 atom stereocenters. The third-order valence-electron chi connectivity index (χ3n) is 9.64. The van der Waals surface area contributed by atoms with Gasteiger partial charge in [-0.25, -0.2) is 0 Å². The van der Waals surface area contributed by atoms with Crippen LogP contribution in [0.2, 0.25) is 0 Å². The zero-order valence-electron chi connectivity index (χ0n) is 33.9. The van der Waals surface area contributed by atoms with Crippen LogP contribution in [-0.4, -0.2) is 24.6 Å². The summed E-state index contributed by atoms with van der Waals surface area (Å²) in [6, 6.07) is 88.4. The predicted octanol–water partition coefficient (Wildman–Crippen LogP) is 10.4. The molecule has 0 amide bonds. The Balaban J connectivity index is 0.000000245. The van der Waals surface area contributed by atoms with E-state index in [1.165, 1.54) is 67.1 Å². The van der Waals surface area contributed by atoms with Gasteiger partial charge in [-0.2, -0.15) is 0 Å². The Hall–Kier alpha value is -4.35. The van der Waals surface area contributed by atoms with Gasteiger partial charge in [-0.15, -0.1) is 0 Å². The fourth-order valence-corrected chi connectivity index (χ4v) is 17.6. The summed E-state index contributed by atoms with van der Waals surface area (Å²) in [5, 5.41) is 11.8. The molecule has 0 N–H and O–H groups in total. The molecule has 0 spiro atoms. The monoisotopic (exact) mass is 950 g/mol. The maximum absolute atomic E-state index is 7.50. The molecule has 0 radical (unpaired) electrons. The van der Waals surface area contributed by atoms with E-state index in [1.807, 2.05) is 0 Å². The molecule has 0 bridgehead atoms. The van der Waals surface area contributed by atoms with Crippen molar-refractivity contribution >= 4 is 74.1 Å². The van der Waals surface area contributed by atoms with Gasteiger partial charge >= 0.3 is 22.6 Å². The summed E-state index contributed by atoms with van der Waals surface area (Å²) in [6.45, 7) is 9.00. The van der Waals surface area contributed by atoms with E-state index in [0.717, 1.165) is 0 Å². The molecule has 0 saturated heterocycles. The number of hydrogen-bond acceptors (Lipinski definition) is 0. The maximum Gasteiger partial charge on any atom is 0 e. The molecule has 0 heterocycles. The molecule has 0 aromatic heterocycles. The Morgan fingerprint density at radius 3 is 0.410 bits per heavy atom. The molecule has 2 nitrogen and oxygen atoms in total. The van der Waals surface area contributed by atoms with E-state index < -0.39 is 0 Å². The van der Waals surface area contributed by atoms with Gasteiger partial charge in [0.1, 0.15) is 0 Å². The number of rotatable bonds is 14. The van der Waals surface area contributed by atoms with Gasteiger partial charge in [0, 0.05) is 21.1 Å². The Morgan fingerprint density at radius 1 is 0.213 bits per heavy atom. The SMILES string of the molecule is [C-]#[O+].[C-]#[O+].[Mo].c1ccc(P(CCP(c2ccccc2)c2ccccc2)c2ccccc2)cc1.c1ccc(P(CCP(c2ccccc2)c2ccccc2)c2ccccc2)cc1. The van der Waals surface area contributed by atoms with Crippen LogP contribution in [0.5, 0.6) is 0 Å². The van der Waals surface area contributed by atoms with E-state index >= 15 is 0 Å². The molecule has 8 rings (SSSR count). The summed E-state index contributed by atoms with van der Waals surface area (Å²) < 4.78 is 15.0. The Kier molecular flexibility index (Phi) is 23.5. The maximum atomic E-state index is 7.50. The third kappa shape index (κ3) is 15.5. The van der Waals surface area contributed by atoms with Crippen LogP contribution in [0.3, 0.4) is 0 Å². The summed E-state index contributed by atoms with van der Waals surface area (Å²) >= 11 is 0. The average Bonchev–Trinajstić information content (AvgIpc) is 3.35. The second kappa shape index (κ2) is 29.0. The molecule has 0 aliphatic heterocycles. The Bertz CT molecular complexity index is 1860. The van der Waals surface area contributed by atoms with E-state index in [0.29, 0.717) is 0 Å². The first-order valence-electron chi connectivity index (χ1n) is 19.7. The minimum Gasteiger partial charge on any atom is -0.0622 e. The van der Waals surface area contributed by atoms with Crippen LogP contribution in [0.15, 0.2) is 243 Å². The molecule has 0 unspecified atom stereocenters. The van der Waals surface area contributed by atoms with Crippen molar-refractivity contribution in [2.24, 2.45) is 0 Å². The zero-order valence-corrected chi connectivity index (χ0v) is 39.5. The van der Waals surface area contributed by atoms with Crippen LogP contribution in [0.25, 0.3) is 0 Å². The van der Waals surface area contributed by atoms with E-state index in [9.17, 15) is 0 Å². The average molecular weight is 949 g/mol. The standard InChI is InChI=1S/2C26H24P2.2CO.Mo/c2*1-5-13-23(14-6-1)27(24-15-7-2-8-16-24)21-22-28(25-17-9-3-10-18-25)26-19-11-4-12-20-26;2*1-2;/h2*1-20H,21-22H2;;;. The minimum atomic E-state index is -0.348. The van der Waals surface area contributed by atoms with Crippen molar-refractivity contribution in [3.63, 3.8) is 0 Å². The predicted molar refractivity (Wildman–Crippen MR) is 264 cm³/mol. The first-order valence-corrected chi connectivity index (χ1v) is 25.9. The van der Waals surface area contributed by atoms with Crippen molar-refractivity contribution < 1.29 is 30.4 Å². The van der Waals surface area contributed by atoms with E-state index in [-0.39, 0.29) is 52.8 Å². The second-order valence-electron chi connectivity index (χ2n) is 13.3. The third-order valence-corrected chi connectivity index (χ3v) is 20.4. The Labute approximate surface area is 382 Å². The molecule has 0 aliphatic rings. The van der Waals surface area contributed by atoms with Crippen molar-refractivity contribution in [1.82, 2.24) is 0 Å². The molecular weight excluding hydrogens is 900 g/mol. The van der Waals surface area contributed by atoms with E-state index in [1.54, 1.807) is 0 Å². The number of hydrogen-bond donors (Lipinski definition) is 0. The summed E-state index contributed by atoms with van der Waals surface area (Å²) in [7, 11) is -1.39. The molecule has 302 valence electrons. The topological polar surface area (TPSA) is 39.8 Å². The summed E-state index contributed by atoms with van der Waals surface area (Å²) in [4.78, 5) is 0. The first-order chi connectivity index (χ1) is 29.8. The van der Waals surface area contributed by atoms with Gasteiger partial charge in [-0.1, -0.05) is 243 Å². The molecule has 8 aromatic rings. The normalized spacial score (nSPS) is 10.2. The van der Waals surface area contributed by atoms with Gasteiger partial charge in [0.2, 0.25) is 0 Å². The van der Waals surface area contributed by atoms with Gasteiger partial charge in [0.15, 0.2) is 0 Å². The van der Waals surface area contributed by atoms with Crippen molar-refractivity contribution in [2.45, 2.75) is 0 Å². The molecule has 8 aromatic carbocycles. The molecule has 0 aliphatic carbocycles. The van der Waals surface area contributed by atoms with Crippen LogP contribution in [0, 0.1) is 13.3 Å². The van der Waals surface area contributed by atoms with Crippen molar-refractivity contribution in [2.75, 3.05) is 24.6 Å². The van der Waals surface area contributed by atoms with Gasteiger partial charge in [0.25, 0.3) is 0 Å². The Morgan fingerprint density at radius 2 is 0.311 bits per heavy atom. The van der Waals surface area contributed by atoms with Gasteiger partial charge < -0.3 is 0 Å². The summed E-state index contributed by atoms with van der Waals surface area (Å²) in [5.41, 5.74) is 0. The molecule has 0 saturated carbocycles. The molecular formula is C54H48MoO2P4. The van der Waals surface area contributed by atoms with Crippen LogP contribution in [-0.2, 0) is 30.4 Å². The smallest absolute Gasteiger partial charge is 0 e. The summed E-state index contributed by atoms with van der Waals surface area (Å²) in [6.07, 6.45) is 4.83. The second-order valence-corrected chi connectivity index (χ2v) is 22.6. The molecule has 7 heteroatoms.